The van der Waals surface area contributed by atoms with Crippen molar-refractivity contribution < 1.29 is 4.79 Å². The zero-order valence-electron chi connectivity index (χ0n) is 14.8. The number of nitrogens with one attached hydrogen (secondary N) is 1. The molecule has 1 aliphatic heterocycles. The largest absolute Gasteiger partial charge is 0.370 e. The Balaban J connectivity index is 1.38. The van der Waals surface area contributed by atoms with Gasteiger partial charge in [-0.15, -0.1) is 11.3 Å². The molecule has 0 atom stereocenters. The molecule has 0 bridgehead atoms. The number of nitrogens with zero attached hydrogens (tertiary/aromatic N) is 2. The Morgan fingerprint density at radius 2 is 2.08 bits per heavy atom. The number of guanidine groups is 1. The maximum absolute atomic E-state index is 12.5. The van der Waals surface area contributed by atoms with Crippen molar-refractivity contribution in [2.45, 2.75) is 38.6 Å². The molecule has 0 unspecified atom stereocenters. The quantitative estimate of drug-likeness (QED) is 0.646. The highest BCUT2D eigenvalue weighted by atomic mass is 32.1. The first-order chi connectivity index (χ1) is 12.7. The Morgan fingerprint density at radius 1 is 1.19 bits per heavy atom. The number of hydrogen-bond donors (Lipinski definition) is 2. The van der Waals surface area contributed by atoms with E-state index in [1.54, 1.807) is 11.3 Å². The summed E-state index contributed by atoms with van der Waals surface area (Å²) in [5.74, 6) is 0.340. The molecule has 1 aromatic heterocycles. The van der Waals surface area contributed by atoms with Crippen molar-refractivity contribution >= 4 is 28.9 Å². The first-order valence-electron chi connectivity index (χ1n) is 9.21. The van der Waals surface area contributed by atoms with Crippen molar-refractivity contribution in [3.63, 3.8) is 0 Å². The second-order valence-corrected chi connectivity index (χ2v) is 7.91. The molecule has 3 N–H and O–H groups in total. The lowest BCUT2D eigenvalue weighted by molar-refractivity contribution is -0.130. The van der Waals surface area contributed by atoms with E-state index in [0.717, 1.165) is 31.5 Å². The van der Waals surface area contributed by atoms with Crippen LogP contribution in [-0.4, -0.2) is 29.9 Å². The van der Waals surface area contributed by atoms with E-state index in [0.29, 0.717) is 12.5 Å². The molecule has 2 heterocycles. The van der Waals surface area contributed by atoms with Crippen LogP contribution in [0.15, 0.2) is 34.6 Å². The smallest absolute Gasteiger partial charge is 0.244 e. The average molecular weight is 369 g/mol. The zero-order chi connectivity index (χ0) is 17.9. The molecule has 136 valence electrons. The van der Waals surface area contributed by atoms with Crippen LogP contribution in [0, 0.1) is 0 Å². The minimum absolute atomic E-state index is 0.0293. The number of carbonyl (C=O) groups is 1. The van der Waals surface area contributed by atoms with E-state index >= 15 is 0 Å². The molecule has 5 nitrogen and oxygen atoms in total. The van der Waals surface area contributed by atoms with Crippen LogP contribution in [0.1, 0.15) is 34.4 Å². The number of rotatable bonds is 3. The van der Waals surface area contributed by atoms with E-state index in [2.05, 4.69) is 33.9 Å². The van der Waals surface area contributed by atoms with Gasteiger partial charge in [-0.2, -0.15) is 0 Å². The number of aryl methyl sites for hydroxylation is 1. The molecule has 0 spiro atoms. The molecule has 0 saturated heterocycles. The fourth-order valence-corrected chi connectivity index (χ4v) is 4.68. The van der Waals surface area contributed by atoms with E-state index in [1.165, 1.54) is 34.4 Å². The molecule has 0 radical (unpaired) electrons. The molecule has 1 aliphatic carbocycles. The molecule has 1 aromatic carbocycles. The molecule has 1 amide bonds. The standard InChI is InChI=1S/C20H24N4OS/c21-20(23-17-7-3-5-14-4-1-2-6-16(14)17)22-12-19(25)24-10-8-18-15(13-24)9-11-26-18/h3,5,7,9,11H,1-2,4,6,8,10,12-13H2,(H3,21,22,23). The third kappa shape index (κ3) is 3.60. The van der Waals surface area contributed by atoms with Crippen LogP contribution in [0.3, 0.4) is 0 Å². The van der Waals surface area contributed by atoms with Gasteiger partial charge < -0.3 is 16.0 Å². The topological polar surface area (TPSA) is 70.7 Å². The fraction of sp³-hybridized carbons (Fsp3) is 0.400. The van der Waals surface area contributed by atoms with Crippen molar-refractivity contribution in [3.8, 4) is 0 Å². The summed E-state index contributed by atoms with van der Waals surface area (Å²) in [6.07, 6.45) is 5.59. The lowest BCUT2D eigenvalue weighted by Gasteiger charge is -2.26. The fourth-order valence-electron chi connectivity index (χ4n) is 3.79. The van der Waals surface area contributed by atoms with Gasteiger partial charge in [0, 0.05) is 23.7 Å². The first kappa shape index (κ1) is 17.1. The number of aliphatic imine (C=N–C) groups is 1. The van der Waals surface area contributed by atoms with E-state index < -0.39 is 0 Å². The van der Waals surface area contributed by atoms with E-state index in [1.807, 2.05) is 11.0 Å². The maximum Gasteiger partial charge on any atom is 0.244 e. The highest BCUT2D eigenvalue weighted by molar-refractivity contribution is 7.10. The molecular weight excluding hydrogens is 344 g/mol. The maximum atomic E-state index is 12.5. The van der Waals surface area contributed by atoms with Gasteiger partial charge in [-0.3, -0.25) is 4.79 Å². The molecule has 0 saturated carbocycles. The van der Waals surface area contributed by atoms with Gasteiger partial charge in [-0.1, -0.05) is 12.1 Å². The van der Waals surface area contributed by atoms with Crippen LogP contribution in [-0.2, 0) is 30.6 Å². The average Bonchev–Trinajstić information content (AvgIpc) is 3.14. The number of anilines is 1. The molecule has 6 heteroatoms. The van der Waals surface area contributed by atoms with Crippen molar-refractivity contribution in [1.29, 1.82) is 0 Å². The predicted octanol–water partition coefficient (Wildman–Crippen LogP) is 2.94. The van der Waals surface area contributed by atoms with Crippen LogP contribution in [0.25, 0.3) is 0 Å². The molecule has 2 aromatic rings. The highest BCUT2D eigenvalue weighted by Gasteiger charge is 2.21. The van der Waals surface area contributed by atoms with Gasteiger partial charge in [-0.05, 0) is 66.3 Å². The van der Waals surface area contributed by atoms with E-state index in [4.69, 9.17) is 5.73 Å². The van der Waals surface area contributed by atoms with Crippen molar-refractivity contribution in [2.75, 3.05) is 18.4 Å². The summed E-state index contributed by atoms with van der Waals surface area (Å²) in [6, 6.07) is 8.39. The van der Waals surface area contributed by atoms with Crippen LogP contribution in [0.5, 0.6) is 0 Å². The normalized spacial score (nSPS) is 16.8. The van der Waals surface area contributed by atoms with E-state index in [-0.39, 0.29) is 12.5 Å². The summed E-state index contributed by atoms with van der Waals surface area (Å²) >= 11 is 1.77. The van der Waals surface area contributed by atoms with Crippen molar-refractivity contribution in [3.05, 3.63) is 51.2 Å². The number of carbonyl (C=O) groups excluding carboxylic acids is 1. The van der Waals surface area contributed by atoms with Crippen LogP contribution >= 0.6 is 11.3 Å². The zero-order valence-corrected chi connectivity index (χ0v) is 15.6. The monoisotopic (exact) mass is 368 g/mol. The van der Waals surface area contributed by atoms with Gasteiger partial charge >= 0.3 is 0 Å². The summed E-state index contributed by atoms with van der Waals surface area (Å²) in [7, 11) is 0. The third-order valence-electron chi connectivity index (χ3n) is 5.20. The van der Waals surface area contributed by atoms with Crippen LogP contribution in [0.2, 0.25) is 0 Å². The number of fused-ring (bicyclic) bond motifs is 2. The number of hydrogen-bond acceptors (Lipinski definition) is 3. The summed E-state index contributed by atoms with van der Waals surface area (Å²) in [6.45, 7) is 1.54. The Hall–Kier alpha value is -2.34. The first-order valence-corrected chi connectivity index (χ1v) is 10.1. The van der Waals surface area contributed by atoms with Gasteiger partial charge in [0.25, 0.3) is 0 Å². The SMILES string of the molecule is NC(=NCC(=O)N1CCc2sccc2C1)Nc1cccc2c1CCCC2. The molecule has 4 rings (SSSR count). The summed E-state index contributed by atoms with van der Waals surface area (Å²) in [5.41, 5.74) is 11.1. The molecule has 0 fully saturated rings. The van der Waals surface area contributed by atoms with Gasteiger partial charge in [-0.25, -0.2) is 4.99 Å². The van der Waals surface area contributed by atoms with Crippen molar-refractivity contribution in [2.24, 2.45) is 10.7 Å². The summed E-state index contributed by atoms with van der Waals surface area (Å²) in [5, 5.41) is 5.29. The Morgan fingerprint density at radius 3 is 3.00 bits per heavy atom. The van der Waals surface area contributed by atoms with E-state index in [9.17, 15) is 4.79 Å². The molecule has 2 aliphatic rings. The van der Waals surface area contributed by atoms with Crippen LogP contribution in [0.4, 0.5) is 5.69 Å². The Bertz CT molecular complexity index is 842. The molecule has 26 heavy (non-hydrogen) atoms. The van der Waals surface area contributed by atoms with Gasteiger partial charge in [0.05, 0.1) is 0 Å². The second kappa shape index (κ2) is 7.50. The Labute approximate surface area is 157 Å². The molecular formula is C20H24N4OS. The van der Waals surface area contributed by atoms with Gasteiger partial charge in [0.1, 0.15) is 6.54 Å². The van der Waals surface area contributed by atoms with Gasteiger partial charge in [0.2, 0.25) is 5.91 Å². The van der Waals surface area contributed by atoms with Crippen molar-refractivity contribution in [1.82, 2.24) is 4.90 Å². The Kier molecular flexibility index (Phi) is 4.93. The summed E-state index contributed by atoms with van der Waals surface area (Å²) < 4.78 is 0. The van der Waals surface area contributed by atoms with Gasteiger partial charge in [0.15, 0.2) is 5.96 Å². The number of amides is 1. The predicted molar refractivity (Wildman–Crippen MR) is 107 cm³/mol. The highest BCUT2D eigenvalue weighted by Crippen LogP contribution is 2.27. The number of thiophene rings is 1. The number of nitrogens with two attached hydrogens (primary N) is 1. The summed E-state index contributed by atoms with van der Waals surface area (Å²) in [4.78, 5) is 20.0. The minimum atomic E-state index is 0.0293. The number of benzene rings is 1. The third-order valence-corrected chi connectivity index (χ3v) is 6.23. The lowest BCUT2D eigenvalue weighted by Crippen LogP contribution is -2.37. The van der Waals surface area contributed by atoms with Crippen LogP contribution < -0.4 is 11.1 Å². The lowest BCUT2D eigenvalue weighted by atomic mass is 9.90. The minimum Gasteiger partial charge on any atom is -0.370 e. The second-order valence-electron chi connectivity index (χ2n) is 6.91.